The molecular formula is C7H12N2. The molecule has 0 saturated carbocycles. The zero-order valence-corrected chi connectivity index (χ0v) is 5.89. The van der Waals surface area contributed by atoms with E-state index in [0.717, 1.165) is 5.57 Å². The third-order valence-electron chi connectivity index (χ3n) is 0.677. The van der Waals surface area contributed by atoms with Gasteiger partial charge < -0.3 is 5.73 Å². The minimum absolute atomic E-state index is 0.505. The smallest absolute Gasteiger partial charge is 0.123 e. The Labute approximate surface area is 55.8 Å². The lowest BCUT2D eigenvalue weighted by Crippen LogP contribution is -2.06. The molecule has 0 radical (unpaired) electrons. The third-order valence-corrected chi connectivity index (χ3v) is 0.677. The lowest BCUT2D eigenvalue weighted by atomic mass is 10.3. The predicted molar refractivity (Wildman–Crippen MR) is 41.3 cm³/mol. The Hall–Kier alpha value is -1.05. The van der Waals surface area contributed by atoms with Crippen molar-refractivity contribution in [2.45, 2.75) is 13.8 Å². The molecule has 0 bridgehead atoms. The third kappa shape index (κ3) is 4.81. The Morgan fingerprint density at radius 2 is 2.11 bits per heavy atom. The number of rotatable bonds is 2. The Bertz CT molecular complexity index is 150. The van der Waals surface area contributed by atoms with Crippen LogP contribution in [0.5, 0.6) is 0 Å². The summed E-state index contributed by atoms with van der Waals surface area (Å²) in [6.07, 6.45) is 3.22. The summed E-state index contributed by atoms with van der Waals surface area (Å²) >= 11 is 0. The van der Waals surface area contributed by atoms with E-state index in [2.05, 4.69) is 11.6 Å². The van der Waals surface area contributed by atoms with Gasteiger partial charge in [0.05, 0.1) is 0 Å². The number of amidine groups is 1. The van der Waals surface area contributed by atoms with Crippen LogP contribution >= 0.6 is 0 Å². The van der Waals surface area contributed by atoms with Crippen molar-refractivity contribution >= 4 is 5.84 Å². The van der Waals surface area contributed by atoms with E-state index in [9.17, 15) is 0 Å². The second-order valence-electron chi connectivity index (χ2n) is 1.96. The Balaban J connectivity index is 4.05. The van der Waals surface area contributed by atoms with Gasteiger partial charge in [-0.15, -0.1) is 0 Å². The van der Waals surface area contributed by atoms with Crippen LogP contribution in [0.25, 0.3) is 0 Å². The predicted octanol–water partition coefficient (Wildman–Crippen LogP) is 1.45. The quantitative estimate of drug-likeness (QED) is 0.439. The fourth-order valence-corrected chi connectivity index (χ4v) is 0.438. The average Bonchev–Trinajstić information content (AvgIpc) is 1.63. The van der Waals surface area contributed by atoms with Crippen molar-refractivity contribution in [1.29, 1.82) is 0 Å². The molecule has 0 aliphatic rings. The molecule has 0 saturated heterocycles. The molecule has 0 unspecified atom stereocenters. The van der Waals surface area contributed by atoms with Crippen LogP contribution in [0.1, 0.15) is 13.8 Å². The summed E-state index contributed by atoms with van der Waals surface area (Å²) in [6, 6.07) is 0. The number of nitrogens with two attached hydrogens (primary N) is 1. The maximum atomic E-state index is 5.39. The zero-order valence-electron chi connectivity index (χ0n) is 5.89. The summed E-state index contributed by atoms with van der Waals surface area (Å²) in [6.45, 7) is 7.34. The standard InChI is InChI=1S/C7H12N2/c1-4-9-7(8)5-6(2)3/h4-5H,1H2,2-3H3,(H2,8,9). The highest BCUT2D eigenvalue weighted by atomic mass is 14.8. The summed E-state index contributed by atoms with van der Waals surface area (Å²) in [5.74, 6) is 0.505. The lowest BCUT2D eigenvalue weighted by Gasteiger charge is -1.88. The van der Waals surface area contributed by atoms with E-state index < -0.39 is 0 Å². The number of hydrogen-bond acceptors (Lipinski definition) is 1. The molecule has 0 aromatic rings. The number of aliphatic imine (C=N–C) groups is 1. The van der Waals surface area contributed by atoms with Crippen LogP contribution in [-0.2, 0) is 0 Å². The first-order chi connectivity index (χ1) is 4.16. The van der Waals surface area contributed by atoms with E-state index in [1.54, 1.807) is 6.08 Å². The Morgan fingerprint density at radius 3 is 2.44 bits per heavy atom. The molecule has 2 nitrogen and oxygen atoms in total. The topological polar surface area (TPSA) is 38.4 Å². The van der Waals surface area contributed by atoms with Gasteiger partial charge in [0.2, 0.25) is 0 Å². The van der Waals surface area contributed by atoms with Gasteiger partial charge in [-0.05, 0) is 19.9 Å². The van der Waals surface area contributed by atoms with Gasteiger partial charge >= 0.3 is 0 Å². The minimum atomic E-state index is 0.505. The SMILES string of the molecule is C=C/N=C(/N)C=C(C)C. The molecule has 0 aromatic heterocycles. The molecule has 0 aromatic carbocycles. The molecule has 2 N–H and O–H groups in total. The minimum Gasteiger partial charge on any atom is -0.384 e. The molecule has 0 aliphatic carbocycles. The van der Waals surface area contributed by atoms with Gasteiger partial charge in [-0.25, -0.2) is 4.99 Å². The summed E-state index contributed by atoms with van der Waals surface area (Å²) in [5, 5.41) is 0. The van der Waals surface area contributed by atoms with Gasteiger partial charge in [0, 0.05) is 6.20 Å². The van der Waals surface area contributed by atoms with Crippen LogP contribution in [0, 0.1) is 0 Å². The first-order valence-electron chi connectivity index (χ1n) is 2.76. The van der Waals surface area contributed by atoms with Gasteiger partial charge in [-0.3, -0.25) is 0 Å². The average molecular weight is 124 g/mol. The molecule has 0 aliphatic heterocycles. The maximum absolute atomic E-state index is 5.39. The van der Waals surface area contributed by atoms with Gasteiger partial charge in [0.1, 0.15) is 5.84 Å². The molecule has 0 spiro atoms. The Kier molecular flexibility index (Phi) is 3.44. The maximum Gasteiger partial charge on any atom is 0.123 e. The van der Waals surface area contributed by atoms with Crippen molar-refractivity contribution in [2.75, 3.05) is 0 Å². The van der Waals surface area contributed by atoms with Crippen LogP contribution < -0.4 is 5.73 Å². The van der Waals surface area contributed by atoms with Crippen LogP contribution in [-0.4, -0.2) is 5.84 Å². The van der Waals surface area contributed by atoms with Gasteiger partial charge in [-0.1, -0.05) is 12.2 Å². The van der Waals surface area contributed by atoms with Crippen molar-refractivity contribution in [1.82, 2.24) is 0 Å². The van der Waals surface area contributed by atoms with E-state index in [1.807, 2.05) is 13.8 Å². The monoisotopic (exact) mass is 124 g/mol. The molecule has 50 valence electrons. The summed E-state index contributed by atoms with van der Waals surface area (Å²) < 4.78 is 0. The lowest BCUT2D eigenvalue weighted by molar-refractivity contribution is 1.39. The number of allylic oxidation sites excluding steroid dienone is 1. The fraction of sp³-hybridized carbons (Fsp3) is 0.286. The molecule has 0 heterocycles. The van der Waals surface area contributed by atoms with E-state index in [4.69, 9.17) is 5.73 Å². The van der Waals surface area contributed by atoms with E-state index in [1.165, 1.54) is 6.20 Å². The normalized spacial score (nSPS) is 10.7. The molecule has 0 atom stereocenters. The first kappa shape index (κ1) is 7.95. The first-order valence-corrected chi connectivity index (χ1v) is 2.76. The Morgan fingerprint density at radius 1 is 1.56 bits per heavy atom. The van der Waals surface area contributed by atoms with Crippen molar-refractivity contribution in [2.24, 2.45) is 10.7 Å². The summed E-state index contributed by atoms with van der Waals surface area (Å²) in [4.78, 5) is 3.75. The highest BCUT2D eigenvalue weighted by molar-refractivity contribution is 5.92. The zero-order chi connectivity index (χ0) is 7.28. The van der Waals surface area contributed by atoms with Crippen LogP contribution in [0.3, 0.4) is 0 Å². The molecule has 2 heteroatoms. The van der Waals surface area contributed by atoms with Gasteiger partial charge in [-0.2, -0.15) is 0 Å². The van der Waals surface area contributed by atoms with Crippen LogP contribution in [0.4, 0.5) is 0 Å². The largest absolute Gasteiger partial charge is 0.384 e. The number of nitrogens with zero attached hydrogens (tertiary/aromatic N) is 1. The highest BCUT2D eigenvalue weighted by Gasteiger charge is 1.80. The van der Waals surface area contributed by atoms with E-state index >= 15 is 0 Å². The molecule has 0 rings (SSSR count). The molecule has 9 heavy (non-hydrogen) atoms. The molecule has 0 fully saturated rings. The van der Waals surface area contributed by atoms with Gasteiger partial charge in [0.25, 0.3) is 0 Å². The second kappa shape index (κ2) is 3.89. The highest BCUT2D eigenvalue weighted by Crippen LogP contribution is 1.87. The van der Waals surface area contributed by atoms with Crippen LogP contribution in [0.2, 0.25) is 0 Å². The van der Waals surface area contributed by atoms with E-state index in [-0.39, 0.29) is 0 Å². The van der Waals surface area contributed by atoms with E-state index in [0.29, 0.717) is 5.84 Å². The summed E-state index contributed by atoms with van der Waals surface area (Å²) in [7, 11) is 0. The molecular weight excluding hydrogens is 112 g/mol. The summed E-state index contributed by atoms with van der Waals surface area (Å²) in [5.41, 5.74) is 6.52. The van der Waals surface area contributed by atoms with Crippen molar-refractivity contribution in [3.05, 3.63) is 24.4 Å². The van der Waals surface area contributed by atoms with Crippen molar-refractivity contribution in [3.8, 4) is 0 Å². The second-order valence-corrected chi connectivity index (χ2v) is 1.96. The van der Waals surface area contributed by atoms with Gasteiger partial charge in [0.15, 0.2) is 0 Å². The number of hydrogen-bond donors (Lipinski definition) is 1. The van der Waals surface area contributed by atoms with Crippen molar-refractivity contribution < 1.29 is 0 Å². The fourth-order valence-electron chi connectivity index (χ4n) is 0.438. The molecule has 0 amide bonds. The van der Waals surface area contributed by atoms with Crippen LogP contribution in [0.15, 0.2) is 29.4 Å². The van der Waals surface area contributed by atoms with Crippen molar-refractivity contribution in [3.63, 3.8) is 0 Å².